The van der Waals surface area contributed by atoms with Crippen molar-refractivity contribution in [2.75, 3.05) is 31.1 Å². The van der Waals surface area contributed by atoms with E-state index in [0.29, 0.717) is 11.5 Å². The van der Waals surface area contributed by atoms with Gasteiger partial charge < -0.3 is 9.80 Å². The number of carbonyl (C=O) groups is 1. The minimum Gasteiger partial charge on any atom is -0.356 e. The molecule has 0 radical (unpaired) electrons. The van der Waals surface area contributed by atoms with Gasteiger partial charge in [-0.2, -0.15) is 0 Å². The maximum atomic E-state index is 13.4. The lowest BCUT2D eigenvalue weighted by Gasteiger charge is -2.34. The number of hydrogen-bond acceptors (Lipinski definition) is 3. The molecular formula is C24H30FN3O. The zero-order valence-corrected chi connectivity index (χ0v) is 17.0. The Morgan fingerprint density at radius 3 is 2.69 bits per heavy atom. The Morgan fingerprint density at radius 1 is 1.07 bits per heavy atom. The van der Waals surface area contributed by atoms with Crippen LogP contribution in [0, 0.1) is 11.7 Å². The van der Waals surface area contributed by atoms with Crippen molar-refractivity contribution in [3.63, 3.8) is 0 Å². The van der Waals surface area contributed by atoms with E-state index in [1.165, 1.54) is 18.9 Å². The summed E-state index contributed by atoms with van der Waals surface area (Å²) in [6.45, 7) is 3.70. The van der Waals surface area contributed by atoms with Gasteiger partial charge in [0, 0.05) is 32.4 Å². The van der Waals surface area contributed by atoms with Crippen LogP contribution in [0.3, 0.4) is 0 Å². The molecule has 4 nitrogen and oxygen atoms in total. The standard InChI is InChI=1S/C24H30FN3O/c25-22-8-4-6-19(16-22)9-10-20-7-5-15-28(18-20)23-12-11-21(17-26-23)24(29)27-13-2-1-3-14-27/h4,6,8,11-12,16-17,20H,1-3,5,7,9-10,13-15,18H2. The highest BCUT2D eigenvalue weighted by Crippen LogP contribution is 2.25. The van der Waals surface area contributed by atoms with Crippen molar-refractivity contribution in [2.45, 2.75) is 44.9 Å². The van der Waals surface area contributed by atoms with Crippen LogP contribution in [-0.2, 0) is 6.42 Å². The summed E-state index contributed by atoms with van der Waals surface area (Å²) in [6.07, 6.45) is 9.47. The predicted octanol–water partition coefficient (Wildman–Crippen LogP) is 4.70. The number of aromatic nitrogens is 1. The van der Waals surface area contributed by atoms with E-state index in [1.54, 1.807) is 18.3 Å². The topological polar surface area (TPSA) is 36.4 Å². The average Bonchev–Trinajstić information content (AvgIpc) is 2.78. The molecule has 1 amide bonds. The Bertz CT molecular complexity index is 817. The lowest BCUT2D eigenvalue weighted by molar-refractivity contribution is 0.0724. The number of benzene rings is 1. The van der Waals surface area contributed by atoms with Crippen molar-refractivity contribution in [1.29, 1.82) is 0 Å². The predicted molar refractivity (Wildman–Crippen MR) is 114 cm³/mol. The Labute approximate surface area is 172 Å². The summed E-state index contributed by atoms with van der Waals surface area (Å²) < 4.78 is 13.4. The van der Waals surface area contributed by atoms with Gasteiger partial charge in [-0.1, -0.05) is 12.1 Å². The Hall–Kier alpha value is -2.43. The quantitative estimate of drug-likeness (QED) is 0.737. The third-order valence-corrected chi connectivity index (χ3v) is 6.21. The Morgan fingerprint density at radius 2 is 1.93 bits per heavy atom. The van der Waals surface area contributed by atoms with E-state index < -0.39 is 0 Å². The number of anilines is 1. The zero-order valence-electron chi connectivity index (χ0n) is 17.0. The molecule has 2 aromatic rings. The molecule has 0 spiro atoms. The highest BCUT2D eigenvalue weighted by atomic mass is 19.1. The third kappa shape index (κ3) is 5.14. The molecule has 0 saturated carbocycles. The minimum absolute atomic E-state index is 0.107. The Balaban J connectivity index is 1.33. The Kier molecular flexibility index (Phi) is 6.43. The van der Waals surface area contributed by atoms with Crippen LogP contribution < -0.4 is 4.90 Å². The first-order valence-corrected chi connectivity index (χ1v) is 10.9. The molecule has 1 atom stereocenters. The molecule has 2 saturated heterocycles. The van der Waals surface area contributed by atoms with Crippen LogP contribution in [0.2, 0.25) is 0 Å². The number of halogens is 1. The number of aryl methyl sites for hydroxylation is 1. The molecule has 4 rings (SSSR count). The lowest BCUT2D eigenvalue weighted by Crippen LogP contribution is -2.37. The molecule has 3 heterocycles. The number of carbonyl (C=O) groups excluding carboxylic acids is 1. The van der Waals surface area contributed by atoms with Crippen molar-refractivity contribution in [1.82, 2.24) is 9.88 Å². The monoisotopic (exact) mass is 395 g/mol. The van der Waals surface area contributed by atoms with E-state index in [2.05, 4.69) is 9.88 Å². The number of hydrogen-bond donors (Lipinski definition) is 0. The highest BCUT2D eigenvalue weighted by molar-refractivity contribution is 5.94. The second kappa shape index (κ2) is 9.38. The molecule has 1 unspecified atom stereocenters. The van der Waals surface area contributed by atoms with E-state index in [-0.39, 0.29) is 11.7 Å². The fourth-order valence-electron chi connectivity index (χ4n) is 4.55. The van der Waals surface area contributed by atoms with Gasteiger partial charge in [-0.3, -0.25) is 4.79 Å². The van der Waals surface area contributed by atoms with E-state index in [1.807, 2.05) is 23.1 Å². The van der Waals surface area contributed by atoms with Gasteiger partial charge in [0.2, 0.25) is 0 Å². The summed E-state index contributed by atoms with van der Waals surface area (Å²) in [4.78, 5) is 21.5. The SMILES string of the molecule is O=C(c1ccc(N2CCCC(CCc3cccc(F)c3)C2)nc1)N1CCCCC1. The molecular weight excluding hydrogens is 365 g/mol. The van der Waals surface area contributed by atoms with Crippen LogP contribution in [0.4, 0.5) is 10.2 Å². The van der Waals surface area contributed by atoms with Crippen molar-refractivity contribution >= 4 is 11.7 Å². The van der Waals surface area contributed by atoms with Crippen LogP contribution in [-0.4, -0.2) is 42.0 Å². The van der Waals surface area contributed by atoms with Crippen LogP contribution >= 0.6 is 0 Å². The molecule has 0 bridgehead atoms. The molecule has 2 fully saturated rings. The molecule has 1 aromatic carbocycles. The van der Waals surface area contributed by atoms with Crippen LogP contribution in [0.5, 0.6) is 0 Å². The van der Waals surface area contributed by atoms with Gasteiger partial charge >= 0.3 is 0 Å². The summed E-state index contributed by atoms with van der Waals surface area (Å²) in [6, 6.07) is 10.8. The van der Waals surface area contributed by atoms with Gasteiger partial charge in [-0.05, 0) is 80.7 Å². The summed E-state index contributed by atoms with van der Waals surface area (Å²) in [7, 11) is 0. The van der Waals surface area contributed by atoms with Gasteiger partial charge in [0.05, 0.1) is 5.56 Å². The second-order valence-electron chi connectivity index (χ2n) is 8.38. The van der Waals surface area contributed by atoms with Gasteiger partial charge in [0.1, 0.15) is 11.6 Å². The summed E-state index contributed by atoms with van der Waals surface area (Å²) in [5.41, 5.74) is 1.76. The van der Waals surface area contributed by atoms with Crippen molar-refractivity contribution in [3.05, 3.63) is 59.5 Å². The molecule has 0 aliphatic carbocycles. The first-order chi connectivity index (χ1) is 14.2. The summed E-state index contributed by atoms with van der Waals surface area (Å²) >= 11 is 0. The van der Waals surface area contributed by atoms with Gasteiger partial charge in [0.15, 0.2) is 0 Å². The normalized spacial score (nSPS) is 20.0. The van der Waals surface area contributed by atoms with Crippen molar-refractivity contribution in [2.24, 2.45) is 5.92 Å². The second-order valence-corrected chi connectivity index (χ2v) is 8.38. The van der Waals surface area contributed by atoms with E-state index in [4.69, 9.17) is 0 Å². The minimum atomic E-state index is -0.156. The first-order valence-electron chi connectivity index (χ1n) is 10.9. The zero-order chi connectivity index (χ0) is 20.1. The molecule has 154 valence electrons. The fraction of sp³-hybridized carbons (Fsp3) is 0.500. The first kappa shape index (κ1) is 19.9. The van der Waals surface area contributed by atoms with Gasteiger partial charge in [0.25, 0.3) is 5.91 Å². The van der Waals surface area contributed by atoms with Gasteiger partial charge in [-0.15, -0.1) is 0 Å². The van der Waals surface area contributed by atoms with Crippen LogP contribution in [0.1, 0.15) is 54.4 Å². The average molecular weight is 396 g/mol. The van der Waals surface area contributed by atoms with Crippen LogP contribution in [0.25, 0.3) is 0 Å². The third-order valence-electron chi connectivity index (χ3n) is 6.21. The fourth-order valence-corrected chi connectivity index (χ4v) is 4.55. The van der Waals surface area contributed by atoms with Crippen molar-refractivity contribution in [3.8, 4) is 0 Å². The molecule has 2 aliphatic heterocycles. The summed E-state index contributed by atoms with van der Waals surface area (Å²) in [5, 5.41) is 0. The highest BCUT2D eigenvalue weighted by Gasteiger charge is 2.22. The van der Waals surface area contributed by atoms with Gasteiger partial charge in [-0.25, -0.2) is 9.37 Å². The number of pyridine rings is 1. The largest absolute Gasteiger partial charge is 0.356 e. The van der Waals surface area contributed by atoms with E-state index in [0.717, 1.165) is 69.7 Å². The van der Waals surface area contributed by atoms with Crippen LogP contribution in [0.15, 0.2) is 42.6 Å². The van der Waals surface area contributed by atoms with Crippen molar-refractivity contribution < 1.29 is 9.18 Å². The van der Waals surface area contributed by atoms with E-state index in [9.17, 15) is 9.18 Å². The maximum Gasteiger partial charge on any atom is 0.255 e. The lowest BCUT2D eigenvalue weighted by atomic mass is 9.91. The molecule has 2 aliphatic rings. The molecule has 0 N–H and O–H groups in total. The molecule has 5 heteroatoms. The summed E-state index contributed by atoms with van der Waals surface area (Å²) in [5.74, 6) is 1.49. The maximum absolute atomic E-state index is 13.4. The number of amides is 1. The molecule has 29 heavy (non-hydrogen) atoms. The number of nitrogens with zero attached hydrogens (tertiary/aromatic N) is 3. The smallest absolute Gasteiger partial charge is 0.255 e. The van der Waals surface area contributed by atoms with E-state index >= 15 is 0 Å². The number of rotatable bonds is 5. The number of piperidine rings is 2. The molecule has 1 aromatic heterocycles. The number of likely N-dealkylation sites (tertiary alicyclic amines) is 1.